The number of carboxylic acids is 1. The zero-order chi connectivity index (χ0) is 7.07. The predicted octanol–water partition coefficient (Wildman–Crippen LogP) is -0.0996. The lowest BCUT2D eigenvalue weighted by Gasteiger charge is -2.36. The van der Waals surface area contributed by atoms with Gasteiger partial charge < -0.3 is 10.8 Å². The highest BCUT2D eigenvalue weighted by Crippen LogP contribution is 2.32. The largest absolute Gasteiger partial charge is 0.480 e. The molecule has 0 aliphatic heterocycles. The molecule has 9 heavy (non-hydrogen) atoms. The zero-order valence-corrected chi connectivity index (χ0v) is 4.80. The molecule has 1 fully saturated rings. The first-order valence-corrected chi connectivity index (χ1v) is 2.71. The van der Waals surface area contributed by atoms with Crippen molar-refractivity contribution in [3.05, 3.63) is 0 Å². The van der Waals surface area contributed by atoms with Crippen LogP contribution >= 0.6 is 0 Å². The second kappa shape index (κ2) is 1.67. The SMILES string of the molecule is NC1(C(=O)O)CC([18F])C1. The van der Waals surface area contributed by atoms with Gasteiger partial charge in [0.1, 0.15) is 11.7 Å². The fraction of sp³-hybridized carbons (Fsp3) is 0.800. The van der Waals surface area contributed by atoms with Gasteiger partial charge in [0.25, 0.3) is 0 Å². The van der Waals surface area contributed by atoms with E-state index in [-0.39, 0.29) is 12.8 Å². The molecule has 0 heterocycles. The maximum Gasteiger partial charge on any atom is 0.323 e. The maximum atomic E-state index is 12.0. The van der Waals surface area contributed by atoms with Gasteiger partial charge in [-0.25, -0.2) is 4.39 Å². The van der Waals surface area contributed by atoms with Crippen molar-refractivity contribution in [1.29, 1.82) is 0 Å². The fourth-order valence-corrected chi connectivity index (χ4v) is 0.905. The minimum atomic E-state index is -1.26. The molecular weight excluding hydrogens is 124 g/mol. The van der Waals surface area contributed by atoms with Crippen molar-refractivity contribution in [2.24, 2.45) is 5.73 Å². The first-order valence-electron chi connectivity index (χ1n) is 2.71. The van der Waals surface area contributed by atoms with Gasteiger partial charge in [0.05, 0.1) is 0 Å². The summed E-state index contributed by atoms with van der Waals surface area (Å²) in [4.78, 5) is 10.2. The highest BCUT2D eigenvalue weighted by molar-refractivity contribution is 5.79. The van der Waals surface area contributed by atoms with Crippen molar-refractivity contribution in [1.82, 2.24) is 0 Å². The molecule has 0 atom stereocenters. The highest BCUT2D eigenvalue weighted by Gasteiger charge is 2.47. The van der Waals surface area contributed by atoms with E-state index in [9.17, 15) is 9.18 Å². The smallest absolute Gasteiger partial charge is 0.323 e. The number of alkyl halides is 1. The minimum absolute atomic E-state index is 0.0394. The van der Waals surface area contributed by atoms with Crippen LogP contribution in [0.4, 0.5) is 4.39 Å². The van der Waals surface area contributed by atoms with E-state index in [0.717, 1.165) is 0 Å². The van der Waals surface area contributed by atoms with E-state index in [1.807, 2.05) is 0 Å². The Morgan fingerprint density at radius 3 is 2.33 bits per heavy atom. The van der Waals surface area contributed by atoms with E-state index in [4.69, 9.17) is 10.8 Å². The normalized spacial score (nSPS) is 41.8. The number of carbonyl (C=O) groups is 1. The topological polar surface area (TPSA) is 63.3 Å². The Hall–Kier alpha value is -0.640. The van der Waals surface area contributed by atoms with Crippen LogP contribution in [0.5, 0.6) is 0 Å². The predicted molar refractivity (Wildman–Crippen MR) is 28.7 cm³/mol. The molecule has 0 unspecified atom stereocenters. The van der Waals surface area contributed by atoms with Crippen molar-refractivity contribution in [3.8, 4) is 0 Å². The Balaban J connectivity index is 2.50. The van der Waals surface area contributed by atoms with Crippen LogP contribution in [0.1, 0.15) is 12.8 Å². The highest BCUT2D eigenvalue weighted by atomic mass is 18.2. The van der Waals surface area contributed by atoms with Crippen LogP contribution in [0.15, 0.2) is 0 Å². The van der Waals surface area contributed by atoms with Gasteiger partial charge in [0, 0.05) is 12.8 Å². The molecule has 52 valence electrons. The molecule has 1 rings (SSSR count). The van der Waals surface area contributed by atoms with Crippen molar-refractivity contribution >= 4 is 5.97 Å². The molecule has 1 aliphatic rings. The van der Waals surface area contributed by atoms with Crippen molar-refractivity contribution < 1.29 is 14.3 Å². The van der Waals surface area contributed by atoms with E-state index in [1.165, 1.54) is 0 Å². The summed E-state index contributed by atoms with van der Waals surface area (Å²) in [7, 11) is 0. The first-order chi connectivity index (χ1) is 4.04. The van der Waals surface area contributed by atoms with Gasteiger partial charge >= 0.3 is 5.97 Å². The Bertz CT molecular complexity index is 142. The second-order valence-electron chi connectivity index (χ2n) is 2.47. The molecule has 0 radical (unpaired) electrons. The van der Waals surface area contributed by atoms with E-state index in [0.29, 0.717) is 0 Å². The number of rotatable bonds is 1. The van der Waals surface area contributed by atoms with E-state index < -0.39 is 17.7 Å². The average Bonchev–Trinajstić information content (AvgIpc) is 1.62. The monoisotopic (exact) mass is 132 g/mol. The maximum absolute atomic E-state index is 12.0. The van der Waals surface area contributed by atoms with Crippen LogP contribution in [0.2, 0.25) is 0 Å². The minimum Gasteiger partial charge on any atom is -0.480 e. The Kier molecular flexibility index (Phi) is 1.20. The van der Waals surface area contributed by atoms with Gasteiger partial charge in [-0.15, -0.1) is 0 Å². The lowest BCUT2D eigenvalue weighted by Crippen LogP contribution is -2.58. The van der Waals surface area contributed by atoms with E-state index in [2.05, 4.69) is 0 Å². The Labute approximate surface area is 51.7 Å². The van der Waals surface area contributed by atoms with E-state index >= 15 is 0 Å². The van der Waals surface area contributed by atoms with Crippen LogP contribution < -0.4 is 5.73 Å². The molecule has 1 aliphatic carbocycles. The summed E-state index contributed by atoms with van der Waals surface area (Å²) in [6.45, 7) is 0. The number of carboxylic acid groups (broad SMARTS) is 1. The van der Waals surface area contributed by atoms with Gasteiger partial charge in [-0.05, 0) is 0 Å². The molecule has 4 heteroatoms. The summed E-state index contributed by atoms with van der Waals surface area (Å²) in [5.74, 6) is -1.10. The molecule has 0 amide bonds. The van der Waals surface area contributed by atoms with Crippen LogP contribution in [-0.4, -0.2) is 22.8 Å². The molecule has 0 spiro atoms. The summed E-state index contributed by atoms with van der Waals surface area (Å²) < 4.78 is 12.0. The standard InChI is InChI=1S/C5H8FNO2/c6-3-1-5(7,2-3)4(8)9/h3H,1-2,7H2,(H,8,9)/i6-1. The van der Waals surface area contributed by atoms with Crippen molar-refractivity contribution in [2.75, 3.05) is 0 Å². The third-order valence-electron chi connectivity index (χ3n) is 1.60. The number of hydrogen-bond acceptors (Lipinski definition) is 2. The summed E-state index contributed by atoms with van der Waals surface area (Å²) in [6, 6.07) is 0. The Morgan fingerprint density at radius 2 is 2.22 bits per heavy atom. The van der Waals surface area contributed by atoms with Gasteiger partial charge in [0.2, 0.25) is 0 Å². The van der Waals surface area contributed by atoms with Crippen molar-refractivity contribution in [2.45, 2.75) is 24.6 Å². The zero-order valence-electron chi connectivity index (χ0n) is 4.80. The quantitative estimate of drug-likeness (QED) is 0.523. The molecular formula is C5H8FNO2. The molecule has 0 aromatic carbocycles. The third kappa shape index (κ3) is 0.896. The molecule has 0 aromatic rings. The fourth-order valence-electron chi connectivity index (χ4n) is 0.905. The van der Waals surface area contributed by atoms with Gasteiger partial charge in [0.15, 0.2) is 0 Å². The van der Waals surface area contributed by atoms with Gasteiger partial charge in [-0.2, -0.15) is 0 Å². The van der Waals surface area contributed by atoms with Crippen LogP contribution in [-0.2, 0) is 4.79 Å². The molecule has 0 bridgehead atoms. The number of nitrogens with two attached hydrogens (primary N) is 1. The average molecular weight is 132 g/mol. The third-order valence-corrected chi connectivity index (χ3v) is 1.60. The number of halogens is 1. The van der Waals surface area contributed by atoms with Gasteiger partial charge in [-0.1, -0.05) is 0 Å². The number of hydrogen-bond donors (Lipinski definition) is 2. The summed E-state index contributed by atoms with van der Waals surface area (Å²) in [6.07, 6.45) is -1.09. The Morgan fingerprint density at radius 1 is 1.78 bits per heavy atom. The summed E-state index contributed by atoms with van der Waals surface area (Å²) in [5, 5.41) is 8.32. The summed E-state index contributed by atoms with van der Waals surface area (Å²) >= 11 is 0. The molecule has 0 saturated heterocycles. The molecule has 0 aromatic heterocycles. The van der Waals surface area contributed by atoms with E-state index in [1.54, 1.807) is 0 Å². The lowest BCUT2D eigenvalue weighted by atomic mass is 9.76. The van der Waals surface area contributed by atoms with Crippen molar-refractivity contribution in [3.63, 3.8) is 0 Å². The first kappa shape index (κ1) is 6.48. The molecule has 3 N–H and O–H groups in total. The van der Waals surface area contributed by atoms with Gasteiger partial charge in [-0.3, -0.25) is 4.79 Å². The molecule has 3 nitrogen and oxygen atoms in total. The molecule has 1 saturated carbocycles. The van der Waals surface area contributed by atoms with Crippen LogP contribution in [0.3, 0.4) is 0 Å². The van der Waals surface area contributed by atoms with Crippen LogP contribution in [0, 0.1) is 0 Å². The number of aliphatic carboxylic acids is 1. The summed E-state index contributed by atoms with van der Waals surface area (Å²) in [5.41, 5.74) is 3.93. The lowest BCUT2D eigenvalue weighted by molar-refractivity contribution is -0.149. The second-order valence-corrected chi connectivity index (χ2v) is 2.47. The van der Waals surface area contributed by atoms with Crippen LogP contribution in [0.25, 0.3) is 0 Å².